The molecule has 0 saturated heterocycles. The number of ketones is 1. The third-order valence-corrected chi connectivity index (χ3v) is 7.82. The van der Waals surface area contributed by atoms with Crippen molar-refractivity contribution in [3.63, 3.8) is 0 Å². The summed E-state index contributed by atoms with van der Waals surface area (Å²) in [5.74, 6) is -0.410. The van der Waals surface area contributed by atoms with Gasteiger partial charge >= 0.3 is 0 Å². The summed E-state index contributed by atoms with van der Waals surface area (Å²) < 4.78 is 28.4. The number of aryl methyl sites for hydroxylation is 1. The van der Waals surface area contributed by atoms with Crippen molar-refractivity contribution in [2.45, 2.75) is 16.7 Å². The molecule has 0 fully saturated rings. The Hall–Kier alpha value is -3.23. The van der Waals surface area contributed by atoms with Gasteiger partial charge in [0.25, 0.3) is 5.56 Å². The third-order valence-electron chi connectivity index (χ3n) is 4.81. The number of carbonyl (C=O) groups is 1. The highest BCUT2D eigenvalue weighted by atomic mass is 32.2. The van der Waals surface area contributed by atoms with E-state index in [1.165, 1.54) is 22.6 Å². The minimum atomic E-state index is -3.94. The van der Waals surface area contributed by atoms with Crippen molar-refractivity contribution in [1.82, 2.24) is 9.30 Å². The lowest BCUT2D eigenvalue weighted by molar-refractivity contribution is 0.103. The second-order valence-corrected chi connectivity index (χ2v) is 10.4. The maximum atomic E-state index is 13.4. The standard InChI is InChI=1S/C23H20N2O4S2/c1-15-9-11-17(12-10-15)31(28,29)20-13-18(21(26)16-7-5-4-6-8-16)25-22(27)19(14-24(2)3)30-23(20)25/h4-14H,1-3H3. The van der Waals surface area contributed by atoms with Crippen molar-refractivity contribution in [1.29, 1.82) is 0 Å². The molecule has 2 heterocycles. The lowest BCUT2D eigenvalue weighted by Gasteiger charge is -2.03. The molecule has 0 saturated carbocycles. The molecule has 8 heteroatoms. The van der Waals surface area contributed by atoms with Crippen LogP contribution in [0.15, 0.2) is 75.2 Å². The summed E-state index contributed by atoms with van der Waals surface area (Å²) in [5, 5.41) is 0. The topological polar surface area (TPSA) is 75.9 Å². The van der Waals surface area contributed by atoms with Crippen LogP contribution in [0.2, 0.25) is 0 Å². The van der Waals surface area contributed by atoms with Gasteiger partial charge in [-0.3, -0.25) is 14.0 Å². The Kier molecular flexibility index (Phi) is 5.28. The average molecular weight is 453 g/mol. The van der Waals surface area contributed by atoms with Crippen LogP contribution in [0.4, 0.5) is 0 Å². The molecular formula is C23H20N2O4S2. The van der Waals surface area contributed by atoms with Crippen LogP contribution in [0.25, 0.3) is 11.0 Å². The number of carbonyl (C=O) groups excluding carboxylic acids is 1. The van der Waals surface area contributed by atoms with Crippen LogP contribution in [-0.2, 0) is 9.84 Å². The summed E-state index contributed by atoms with van der Waals surface area (Å²) in [7, 11) is -0.394. The minimum absolute atomic E-state index is 0.0338. The van der Waals surface area contributed by atoms with E-state index in [2.05, 4.69) is 0 Å². The SMILES string of the molecule is Cc1ccc(S(=O)(=O)c2cc(C(=O)c3ccccc3)n3c(=O)c(=CN(C)C)sc23)cc1. The molecular weight excluding hydrogens is 432 g/mol. The molecule has 0 aliphatic heterocycles. The molecule has 0 amide bonds. The van der Waals surface area contributed by atoms with Crippen molar-refractivity contribution in [3.8, 4) is 0 Å². The first-order valence-corrected chi connectivity index (χ1v) is 11.8. The zero-order valence-corrected chi connectivity index (χ0v) is 18.8. The Labute approximate surface area is 183 Å². The number of aromatic nitrogens is 1. The van der Waals surface area contributed by atoms with Gasteiger partial charge in [0.15, 0.2) is 0 Å². The second kappa shape index (κ2) is 7.79. The van der Waals surface area contributed by atoms with E-state index in [4.69, 9.17) is 0 Å². The number of hydrogen-bond donors (Lipinski definition) is 0. The van der Waals surface area contributed by atoms with Gasteiger partial charge in [-0.25, -0.2) is 8.42 Å². The Morgan fingerprint density at radius 3 is 2.29 bits per heavy atom. The average Bonchev–Trinajstić information content (AvgIpc) is 3.26. The molecule has 4 aromatic rings. The molecule has 0 unspecified atom stereocenters. The summed E-state index contributed by atoms with van der Waals surface area (Å²) in [6, 6.07) is 16.3. The first-order chi connectivity index (χ1) is 14.7. The molecule has 2 aromatic heterocycles. The summed E-state index contributed by atoms with van der Waals surface area (Å²) in [6.07, 6.45) is 1.62. The summed E-state index contributed by atoms with van der Waals surface area (Å²) in [6.45, 7) is 1.87. The smallest absolute Gasteiger partial charge is 0.275 e. The highest BCUT2D eigenvalue weighted by Crippen LogP contribution is 2.30. The van der Waals surface area contributed by atoms with Crippen LogP contribution >= 0.6 is 11.3 Å². The fourth-order valence-corrected chi connectivity index (χ4v) is 6.16. The number of nitrogens with zero attached hydrogens (tertiary/aromatic N) is 2. The van der Waals surface area contributed by atoms with Crippen molar-refractivity contribution in [3.05, 3.63) is 92.4 Å². The lowest BCUT2D eigenvalue weighted by Crippen LogP contribution is -2.27. The van der Waals surface area contributed by atoms with Gasteiger partial charge in [0.1, 0.15) is 14.3 Å². The van der Waals surface area contributed by atoms with Crippen LogP contribution in [0.1, 0.15) is 21.6 Å². The molecule has 0 atom stereocenters. The Balaban J connectivity index is 2.04. The monoisotopic (exact) mass is 452 g/mol. The second-order valence-electron chi connectivity index (χ2n) is 7.41. The predicted molar refractivity (Wildman–Crippen MR) is 121 cm³/mol. The summed E-state index contributed by atoms with van der Waals surface area (Å²) in [5.41, 5.74) is 0.927. The largest absolute Gasteiger partial charge is 0.382 e. The molecule has 6 nitrogen and oxygen atoms in total. The lowest BCUT2D eigenvalue weighted by atomic mass is 10.1. The Bertz CT molecular complexity index is 1500. The van der Waals surface area contributed by atoms with Gasteiger partial charge in [-0.1, -0.05) is 48.0 Å². The first-order valence-electron chi connectivity index (χ1n) is 9.48. The molecule has 4 rings (SSSR count). The summed E-state index contributed by atoms with van der Waals surface area (Å²) >= 11 is 1.06. The zero-order valence-electron chi connectivity index (χ0n) is 17.2. The van der Waals surface area contributed by atoms with Crippen molar-refractivity contribution in [2.75, 3.05) is 14.1 Å². The first kappa shape index (κ1) is 21.0. The van der Waals surface area contributed by atoms with Gasteiger partial charge in [0, 0.05) is 25.9 Å². The molecule has 0 aliphatic rings. The molecule has 2 aromatic carbocycles. The van der Waals surface area contributed by atoms with Gasteiger partial charge < -0.3 is 4.90 Å². The minimum Gasteiger partial charge on any atom is -0.382 e. The quantitative estimate of drug-likeness (QED) is 0.435. The fraction of sp³-hybridized carbons (Fsp3) is 0.130. The van der Waals surface area contributed by atoms with Gasteiger partial charge in [0.2, 0.25) is 15.6 Å². The van der Waals surface area contributed by atoms with Crippen LogP contribution in [-0.4, -0.2) is 37.6 Å². The van der Waals surface area contributed by atoms with Gasteiger partial charge in [0.05, 0.1) is 10.6 Å². The van der Waals surface area contributed by atoms with E-state index < -0.39 is 21.2 Å². The fourth-order valence-electron chi connectivity index (χ4n) is 3.28. The zero-order chi connectivity index (χ0) is 22.3. The molecule has 0 bridgehead atoms. The maximum Gasteiger partial charge on any atom is 0.275 e. The predicted octanol–water partition coefficient (Wildman–Crippen LogP) is 2.75. The molecule has 158 valence electrons. The van der Waals surface area contributed by atoms with Crippen LogP contribution in [0.5, 0.6) is 0 Å². The van der Waals surface area contributed by atoms with E-state index in [0.29, 0.717) is 10.1 Å². The van der Waals surface area contributed by atoms with E-state index in [0.717, 1.165) is 16.9 Å². The molecule has 31 heavy (non-hydrogen) atoms. The number of rotatable bonds is 5. The van der Waals surface area contributed by atoms with Gasteiger partial charge in [-0.15, -0.1) is 11.3 Å². The van der Waals surface area contributed by atoms with Crippen molar-refractivity contribution < 1.29 is 13.2 Å². The number of hydrogen-bond acceptors (Lipinski definition) is 6. The molecule has 0 aliphatic carbocycles. The molecule has 0 spiro atoms. The van der Waals surface area contributed by atoms with E-state index in [1.807, 2.05) is 6.92 Å². The normalized spacial score (nSPS) is 12.4. The third kappa shape index (κ3) is 3.68. The number of sulfone groups is 1. The van der Waals surface area contributed by atoms with Crippen molar-refractivity contribution >= 4 is 38.0 Å². The Morgan fingerprint density at radius 1 is 1.03 bits per heavy atom. The van der Waals surface area contributed by atoms with E-state index >= 15 is 0 Å². The number of benzene rings is 2. The van der Waals surface area contributed by atoms with E-state index in [-0.39, 0.29) is 20.3 Å². The number of thiazole rings is 1. The Morgan fingerprint density at radius 2 is 1.68 bits per heavy atom. The van der Waals surface area contributed by atoms with E-state index in [1.54, 1.807) is 67.7 Å². The highest BCUT2D eigenvalue weighted by Gasteiger charge is 2.29. The van der Waals surface area contributed by atoms with Crippen LogP contribution < -0.4 is 10.1 Å². The highest BCUT2D eigenvalue weighted by molar-refractivity contribution is 7.91. The van der Waals surface area contributed by atoms with E-state index in [9.17, 15) is 18.0 Å². The number of fused-ring (bicyclic) bond motifs is 1. The van der Waals surface area contributed by atoms with Crippen LogP contribution in [0.3, 0.4) is 0 Å². The molecule has 0 N–H and O–H groups in total. The van der Waals surface area contributed by atoms with Gasteiger partial charge in [-0.05, 0) is 25.1 Å². The maximum absolute atomic E-state index is 13.4. The van der Waals surface area contributed by atoms with Crippen molar-refractivity contribution in [2.24, 2.45) is 0 Å². The molecule has 0 radical (unpaired) electrons. The van der Waals surface area contributed by atoms with Gasteiger partial charge in [-0.2, -0.15) is 0 Å². The van der Waals surface area contributed by atoms with Crippen LogP contribution in [0, 0.1) is 6.92 Å². The summed E-state index contributed by atoms with van der Waals surface area (Å²) in [4.78, 5) is 28.3.